The van der Waals surface area contributed by atoms with Gasteiger partial charge >= 0.3 is 0 Å². The fourth-order valence-electron chi connectivity index (χ4n) is 2.97. The summed E-state index contributed by atoms with van der Waals surface area (Å²) in [6.45, 7) is 6.59. The maximum atomic E-state index is 10.5. The van der Waals surface area contributed by atoms with Gasteiger partial charge in [-0.2, -0.15) is 5.10 Å². The highest BCUT2D eigenvalue weighted by Crippen LogP contribution is 2.26. The lowest BCUT2D eigenvalue weighted by Crippen LogP contribution is -2.54. The molecule has 1 atom stereocenters. The van der Waals surface area contributed by atoms with Gasteiger partial charge in [0.15, 0.2) is 0 Å². The summed E-state index contributed by atoms with van der Waals surface area (Å²) in [5.74, 6) is 0. The van der Waals surface area contributed by atoms with Crippen molar-refractivity contribution in [1.29, 1.82) is 0 Å². The molecule has 1 N–H and O–H groups in total. The number of rotatable bonds is 5. The van der Waals surface area contributed by atoms with Crippen molar-refractivity contribution in [2.45, 2.75) is 57.6 Å². The third-order valence-corrected chi connectivity index (χ3v) is 4.58. The van der Waals surface area contributed by atoms with E-state index in [9.17, 15) is 5.11 Å². The van der Waals surface area contributed by atoms with Crippen LogP contribution in [-0.2, 0) is 13.5 Å². The number of aryl methyl sites for hydroxylation is 2. The highest BCUT2D eigenvalue weighted by atomic mass is 16.3. The van der Waals surface area contributed by atoms with E-state index in [-0.39, 0.29) is 11.6 Å². The molecule has 2 rings (SSSR count). The normalized spacial score (nSPS) is 19.6. The van der Waals surface area contributed by atoms with Crippen molar-refractivity contribution in [3.63, 3.8) is 0 Å². The van der Waals surface area contributed by atoms with Crippen LogP contribution in [0.15, 0.2) is 12.3 Å². The first-order chi connectivity index (χ1) is 9.01. The Morgan fingerprint density at radius 3 is 2.58 bits per heavy atom. The van der Waals surface area contributed by atoms with E-state index >= 15 is 0 Å². The summed E-state index contributed by atoms with van der Waals surface area (Å²) in [5.41, 5.74) is 1.06. The predicted octanol–water partition coefficient (Wildman–Crippen LogP) is 1.98. The average Bonchev–Trinajstić information content (AvgIpc) is 2.82. The van der Waals surface area contributed by atoms with Crippen LogP contribution in [0.3, 0.4) is 0 Å². The van der Waals surface area contributed by atoms with Gasteiger partial charge in [-0.1, -0.05) is 6.42 Å². The molecule has 1 aromatic rings. The second kappa shape index (κ2) is 6.06. The van der Waals surface area contributed by atoms with Crippen LogP contribution in [0.25, 0.3) is 0 Å². The number of hydrogen-bond acceptors (Lipinski definition) is 3. The zero-order valence-electron chi connectivity index (χ0n) is 12.5. The minimum absolute atomic E-state index is 0.126. The van der Waals surface area contributed by atoms with Crippen LogP contribution in [0, 0.1) is 0 Å². The Hall–Kier alpha value is -0.870. The number of aliphatic hydroxyl groups is 1. The molecule has 0 spiro atoms. The molecule has 0 aliphatic carbocycles. The molecule has 1 unspecified atom stereocenters. The van der Waals surface area contributed by atoms with Gasteiger partial charge in [0, 0.05) is 24.5 Å². The van der Waals surface area contributed by atoms with Crippen LogP contribution in [0.4, 0.5) is 0 Å². The smallest absolute Gasteiger partial charge is 0.0722 e. The van der Waals surface area contributed by atoms with Gasteiger partial charge < -0.3 is 5.11 Å². The molecule has 0 bridgehead atoms. The van der Waals surface area contributed by atoms with E-state index in [1.807, 2.05) is 24.0 Å². The molecule has 4 nitrogen and oxygen atoms in total. The van der Waals surface area contributed by atoms with Gasteiger partial charge in [0.1, 0.15) is 0 Å². The molecule has 4 heteroatoms. The molecule has 1 aromatic heterocycles. The summed E-state index contributed by atoms with van der Waals surface area (Å²) >= 11 is 0. The lowest BCUT2D eigenvalue weighted by atomic mass is 9.89. The molecular weight excluding hydrogens is 238 g/mol. The molecule has 1 aliphatic heterocycles. The SMILES string of the molecule is Cn1nccc1CCC(O)C(C)(C)N1CCCCC1. The molecule has 19 heavy (non-hydrogen) atoms. The third kappa shape index (κ3) is 3.37. The largest absolute Gasteiger partial charge is 0.391 e. The van der Waals surface area contributed by atoms with E-state index in [0.717, 1.165) is 25.9 Å². The molecule has 0 saturated carbocycles. The first-order valence-electron chi connectivity index (χ1n) is 7.42. The molecule has 0 radical (unpaired) electrons. The van der Waals surface area contributed by atoms with Gasteiger partial charge in [-0.25, -0.2) is 0 Å². The number of hydrogen-bond donors (Lipinski definition) is 1. The first-order valence-corrected chi connectivity index (χ1v) is 7.42. The minimum atomic E-state index is -0.291. The van der Waals surface area contributed by atoms with Crippen molar-refractivity contribution in [3.8, 4) is 0 Å². The van der Waals surface area contributed by atoms with Crippen molar-refractivity contribution in [1.82, 2.24) is 14.7 Å². The maximum Gasteiger partial charge on any atom is 0.0722 e. The topological polar surface area (TPSA) is 41.3 Å². The van der Waals surface area contributed by atoms with Crippen LogP contribution in [0.1, 0.15) is 45.2 Å². The number of aromatic nitrogens is 2. The van der Waals surface area contributed by atoms with Crippen LogP contribution >= 0.6 is 0 Å². The summed E-state index contributed by atoms with van der Waals surface area (Å²) in [4.78, 5) is 2.45. The number of aliphatic hydroxyl groups excluding tert-OH is 1. The standard InChI is InChI=1S/C15H27N3O/c1-15(2,18-11-5-4-6-12-18)14(19)8-7-13-9-10-16-17(13)3/h9-10,14,19H,4-8,11-12H2,1-3H3. The second-order valence-electron chi connectivity index (χ2n) is 6.20. The fourth-order valence-corrected chi connectivity index (χ4v) is 2.97. The Kier molecular flexibility index (Phi) is 4.63. The maximum absolute atomic E-state index is 10.5. The molecular formula is C15H27N3O. The summed E-state index contributed by atoms with van der Waals surface area (Å²) in [6.07, 6.45) is 7.06. The Bertz CT molecular complexity index is 394. The Morgan fingerprint density at radius 1 is 1.32 bits per heavy atom. The van der Waals surface area contributed by atoms with Gasteiger partial charge in [-0.3, -0.25) is 9.58 Å². The lowest BCUT2D eigenvalue weighted by Gasteiger charge is -2.44. The summed E-state index contributed by atoms with van der Waals surface area (Å²) in [6, 6.07) is 2.03. The van der Waals surface area contributed by atoms with Gasteiger partial charge in [0.25, 0.3) is 0 Å². The number of piperidine rings is 1. The molecule has 1 aliphatic rings. The lowest BCUT2D eigenvalue weighted by molar-refractivity contribution is -0.0230. The quantitative estimate of drug-likeness (QED) is 0.885. The number of likely N-dealkylation sites (tertiary alicyclic amines) is 1. The van der Waals surface area contributed by atoms with Gasteiger partial charge in [0.2, 0.25) is 0 Å². The third-order valence-electron chi connectivity index (χ3n) is 4.58. The molecule has 0 amide bonds. The zero-order valence-corrected chi connectivity index (χ0v) is 12.5. The Labute approximate surface area is 116 Å². The van der Waals surface area contributed by atoms with Crippen LogP contribution < -0.4 is 0 Å². The average molecular weight is 265 g/mol. The Balaban J connectivity index is 1.90. The van der Waals surface area contributed by atoms with E-state index in [2.05, 4.69) is 23.8 Å². The monoisotopic (exact) mass is 265 g/mol. The minimum Gasteiger partial charge on any atom is -0.391 e. The molecule has 1 saturated heterocycles. The molecule has 108 valence electrons. The predicted molar refractivity (Wildman–Crippen MR) is 77.0 cm³/mol. The van der Waals surface area contributed by atoms with E-state index in [0.29, 0.717) is 0 Å². The van der Waals surface area contributed by atoms with E-state index in [1.165, 1.54) is 25.0 Å². The first kappa shape index (κ1) is 14.5. The molecule has 2 heterocycles. The van der Waals surface area contributed by atoms with Crippen molar-refractivity contribution in [2.75, 3.05) is 13.1 Å². The van der Waals surface area contributed by atoms with Gasteiger partial charge in [-0.05, 0) is 58.7 Å². The fraction of sp³-hybridized carbons (Fsp3) is 0.800. The van der Waals surface area contributed by atoms with Crippen molar-refractivity contribution in [3.05, 3.63) is 18.0 Å². The van der Waals surface area contributed by atoms with Crippen molar-refractivity contribution in [2.24, 2.45) is 7.05 Å². The second-order valence-corrected chi connectivity index (χ2v) is 6.20. The summed E-state index contributed by atoms with van der Waals surface area (Å²) in [7, 11) is 1.96. The highest BCUT2D eigenvalue weighted by Gasteiger charge is 2.34. The molecule has 1 fully saturated rings. The van der Waals surface area contributed by atoms with E-state index < -0.39 is 0 Å². The summed E-state index contributed by atoms with van der Waals surface area (Å²) < 4.78 is 1.89. The zero-order chi connectivity index (χ0) is 13.9. The van der Waals surface area contributed by atoms with Gasteiger partial charge in [-0.15, -0.1) is 0 Å². The van der Waals surface area contributed by atoms with Gasteiger partial charge in [0.05, 0.1) is 6.10 Å². The summed E-state index contributed by atoms with van der Waals surface area (Å²) in [5, 5.41) is 14.7. The van der Waals surface area contributed by atoms with Crippen molar-refractivity contribution >= 4 is 0 Å². The van der Waals surface area contributed by atoms with Crippen LogP contribution in [0.5, 0.6) is 0 Å². The van der Waals surface area contributed by atoms with Crippen molar-refractivity contribution < 1.29 is 5.11 Å². The number of nitrogens with zero attached hydrogens (tertiary/aromatic N) is 3. The van der Waals surface area contributed by atoms with E-state index in [1.54, 1.807) is 0 Å². The molecule has 0 aromatic carbocycles. The van der Waals surface area contributed by atoms with Crippen LogP contribution in [0.2, 0.25) is 0 Å². The van der Waals surface area contributed by atoms with Crippen LogP contribution in [-0.4, -0.2) is 44.5 Å². The Morgan fingerprint density at radius 2 is 2.00 bits per heavy atom. The highest BCUT2D eigenvalue weighted by molar-refractivity contribution is 5.01. The van der Waals surface area contributed by atoms with E-state index in [4.69, 9.17) is 0 Å².